The van der Waals surface area contributed by atoms with E-state index in [1.54, 1.807) is 18.1 Å². The van der Waals surface area contributed by atoms with Gasteiger partial charge in [-0.3, -0.25) is 4.79 Å². The van der Waals surface area contributed by atoms with Gasteiger partial charge in [0, 0.05) is 30.9 Å². The molecule has 0 fully saturated rings. The van der Waals surface area contributed by atoms with E-state index in [0.717, 1.165) is 22.5 Å². The number of aliphatic hydroxyl groups excluding tert-OH is 1. The summed E-state index contributed by atoms with van der Waals surface area (Å²) in [6.45, 7) is 0.0347. The molecule has 2 aromatic rings. The molecule has 1 aliphatic rings. The lowest BCUT2D eigenvalue weighted by atomic mass is 10.1. The number of nitrogens with zero attached hydrogens (tertiary/aromatic N) is 3. The summed E-state index contributed by atoms with van der Waals surface area (Å²) in [5, 5.41) is 8.94. The Morgan fingerprint density at radius 3 is 3.00 bits per heavy atom. The number of hydrogen-bond donors (Lipinski definition) is 1. The van der Waals surface area contributed by atoms with Gasteiger partial charge in [-0.2, -0.15) is 0 Å². The standard InChI is InChI=1S/C15H15N3O2/c1-18-13-3-2-10(8-11(13)9-15(18)20)12-4-6-16-14(17-12)5-7-19/h2-4,6,8,19H,5,7,9H2,1H3. The minimum Gasteiger partial charge on any atom is -0.396 e. The Morgan fingerprint density at radius 1 is 1.35 bits per heavy atom. The number of hydrogen-bond acceptors (Lipinski definition) is 4. The molecule has 5 nitrogen and oxygen atoms in total. The van der Waals surface area contributed by atoms with Gasteiger partial charge in [-0.05, 0) is 23.8 Å². The summed E-state index contributed by atoms with van der Waals surface area (Å²) in [6, 6.07) is 7.74. The SMILES string of the molecule is CN1C(=O)Cc2cc(-c3ccnc(CCO)n3)ccc21. The highest BCUT2D eigenvalue weighted by Crippen LogP contribution is 2.31. The first kappa shape index (κ1) is 12.7. The molecule has 20 heavy (non-hydrogen) atoms. The first-order valence-corrected chi connectivity index (χ1v) is 6.51. The number of benzene rings is 1. The fraction of sp³-hybridized carbons (Fsp3) is 0.267. The van der Waals surface area contributed by atoms with Gasteiger partial charge in [0.05, 0.1) is 18.7 Å². The van der Waals surface area contributed by atoms with E-state index in [1.807, 2.05) is 24.3 Å². The lowest BCUT2D eigenvalue weighted by Crippen LogP contribution is -2.20. The van der Waals surface area contributed by atoms with Crippen molar-refractivity contribution < 1.29 is 9.90 Å². The van der Waals surface area contributed by atoms with E-state index in [0.29, 0.717) is 18.7 Å². The van der Waals surface area contributed by atoms with Crippen LogP contribution in [-0.2, 0) is 17.6 Å². The van der Waals surface area contributed by atoms with Crippen LogP contribution >= 0.6 is 0 Å². The smallest absolute Gasteiger partial charge is 0.231 e. The number of anilines is 1. The molecule has 102 valence electrons. The second kappa shape index (κ2) is 5.02. The molecule has 0 spiro atoms. The third-order valence-electron chi connectivity index (χ3n) is 3.49. The van der Waals surface area contributed by atoms with Crippen LogP contribution in [0.3, 0.4) is 0 Å². The van der Waals surface area contributed by atoms with Crippen molar-refractivity contribution in [3.05, 3.63) is 41.9 Å². The van der Waals surface area contributed by atoms with Crippen LogP contribution in [0.2, 0.25) is 0 Å². The molecule has 5 heteroatoms. The van der Waals surface area contributed by atoms with Crippen LogP contribution in [0.4, 0.5) is 5.69 Å². The summed E-state index contributed by atoms with van der Waals surface area (Å²) < 4.78 is 0. The molecule has 1 amide bonds. The number of carbonyl (C=O) groups is 1. The zero-order chi connectivity index (χ0) is 14.1. The summed E-state index contributed by atoms with van der Waals surface area (Å²) in [5.74, 6) is 0.736. The summed E-state index contributed by atoms with van der Waals surface area (Å²) in [7, 11) is 1.79. The van der Waals surface area contributed by atoms with E-state index in [2.05, 4.69) is 9.97 Å². The minimum absolute atomic E-state index is 0.0347. The van der Waals surface area contributed by atoms with Crippen LogP contribution < -0.4 is 4.90 Å². The number of aliphatic hydroxyl groups is 1. The Balaban J connectivity index is 1.98. The van der Waals surface area contributed by atoms with E-state index in [4.69, 9.17) is 5.11 Å². The predicted octanol–water partition coefficient (Wildman–Crippen LogP) is 1.20. The molecular weight excluding hydrogens is 254 g/mol. The van der Waals surface area contributed by atoms with Crippen LogP contribution in [0.15, 0.2) is 30.5 Å². The van der Waals surface area contributed by atoms with Crippen molar-refractivity contribution in [2.24, 2.45) is 0 Å². The average molecular weight is 269 g/mol. The first-order valence-electron chi connectivity index (χ1n) is 6.51. The molecule has 0 atom stereocenters. The molecule has 0 saturated carbocycles. The van der Waals surface area contributed by atoms with Gasteiger partial charge in [-0.25, -0.2) is 9.97 Å². The molecule has 0 unspecified atom stereocenters. The molecule has 2 heterocycles. The Hall–Kier alpha value is -2.27. The zero-order valence-electron chi connectivity index (χ0n) is 11.2. The maximum atomic E-state index is 11.7. The molecule has 0 bridgehead atoms. The second-order valence-corrected chi connectivity index (χ2v) is 4.80. The van der Waals surface area contributed by atoms with Gasteiger partial charge in [-0.15, -0.1) is 0 Å². The topological polar surface area (TPSA) is 66.3 Å². The molecule has 0 radical (unpaired) electrons. The van der Waals surface area contributed by atoms with Crippen LogP contribution in [0.5, 0.6) is 0 Å². The number of amides is 1. The van der Waals surface area contributed by atoms with Crippen LogP contribution in [0, 0.1) is 0 Å². The Bertz CT molecular complexity index is 670. The largest absolute Gasteiger partial charge is 0.396 e. The van der Waals surface area contributed by atoms with Gasteiger partial charge in [0.1, 0.15) is 5.82 Å². The quantitative estimate of drug-likeness (QED) is 0.909. The number of likely N-dealkylation sites (N-methyl/N-ethyl adjacent to an activating group) is 1. The predicted molar refractivity (Wildman–Crippen MR) is 75.4 cm³/mol. The van der Waals surface area contributed by atoms with Gasteiger partial charge < -0.3 is 10.0 Å². The summed E-state index contributed by atoms with van der Waals surface area (Å²) >= 11 is 0. The molecular formula is C15H15N3O2. The molecule has 0 saturated heterocycles. The highest BCUT2D eigenvalue weighted by atomic mass is 16.3. The molecule has 0 aliphatic carbocycles. The molecule has 1 aromatic carbocycles. The van der Waals surface area contributed by atoms with E-state index >= 15 is 0 Å². The van der Waals surface area contributed by atoms with Crippen LogP contribution in [-0.4, -0.2) is 34.6 Å². The molecule has 1 aromatic heterocycles. The number of aromatic nitrogens is 2. The lowest BCUT2D eigenvalue weighted by molar-refractivity contribution is -0.117. The van der Waals surface area contributed by atoms with E-state index in [-0.39, 0.29) is 12.5 Å². The molecule has 1 N–H and O–H groups in total. The third-order valence-corrected chi connectivity index (χ3v) is 3.49. The van der Waals surface area contributed by atoms with Crippen molar-refractivity contribution in [1.82, 2.24) is 9.97 Å². The van der Waals surface area contributed by atoms with Crippen molar-refractivity contribution in [2.45, 2.75) is 12.8 Å². The Kier molecular flexibility index (Phi) is 3.20. The van der Waals surface area contributed by atoms with Crippen molar-refractivity contribution in [1.29, 1.82) is 0 Å². The maximum Gasteiger partial charge on any atom is 0.231 e. The normalized spacial score (nSPS) is 13.7. The van der Waals surface area contributed by atoms with E-state index < -0.39 is 0 Å². The average Bonchev–Trinajstić information content (AvgIpc) is 2.74. The van der Waals surface area contributed by atoms with E-state index in [9.17, 15) is 4.79 Å². The van der Waals surface area contributed by atoms with Crippen molar-refractivity contribution in [3.63, 3.8) is 0 Å². The summed E-state index contributed by atoms with van der Waals surface area (Å²) in [4.78, 5) is 21.9. The van der Waals surface area contributed by atoms with Gasteiger partial charge in [-0.1, -0.05) is 6.07 Å². The lowest BCUT2D eigenvalue weighted by Gasteiger charge is -2.10. The monoisotopic (exact) mass is 269 g/mol. The van der Waals surface area contributed by atoms with Crippen molar-refractivity contribution >= 4 is 11.6 Å². The van der Waals surface area contributed by atoms with Crippen LogP contribution in [0.25, 0.3) is 11.3 Å². The summed E-state index contributed by atoms with van der Waals surface area (Å²) in [6.07, 6.45) is 2.58. The Labute approximate surface area is 116 Å². The second-order valence-electron chi connectivity index (χ2n) is 4.80. The first-order chi connectivity index (χ1) is 9.69. The molecule has 1 aliphatic heterocycles. The number of rotatable bonds is 3. The third kappa shape index (κ3) is 2.16. The Morgan fingerprint density at radius 2 is 2.20 bits per heavy atom. The van der Waals surface area contributed by atoms with Gasteiger partial charge >= 0.3 is 0 Å². The van der Waals surface area contributed by atoms with E-state index in [1.165, 1.54) is 0 Å². The highest BCUT2D eigenvalue weighted by molar-refractivity contribution is 6.01. The van der Waals surface area contributed by atoms with Crippen molar-refractivity contribution in [2.75, 3.05) is 18.6 Å². The highest BCUT2D eigenvalue weighted by Gasteiger charge is 2.24. The minimum atomic E-state index is 0.0347. The number of fused-ring (bicyclic) bond motifs is 1. The van der Waals surface area contributed by atoms with Crippen molar-refractivity contribution in [3.8, 4) is 11.3 Å². The maximum absolute atomic E-state index is 11.7. The fourth-order valence-corrected chi connectivity index (χ4v) is 2.41. The molecule has 3 rings (SSSR count). The van der Waals surface area contributed by atoms with Gasteiger partial charge in [0.15, 0.2) is 0 Å². The zero-order valence-corrected chi connectivity index (χ0v) is 11.2. The van der Waals surface area contributed by atoms with Crippen LogP contribution in [0.1, 0.15) is 11.4 Å². The number of carbonyl (C=O) groups excluding carboxylic acids is 1. The van der Waals surface area contributed by atoms with Gasteiger partial charge in [0.25, 0.3) is 0 Å². The van der Waals surface area contributed by atoms with Gasteiger partial charge in [0.2, 0.25) is 5.91 Å². The summed E-state index contributed by atoms with van der Waals surface area (Å²) in [5.41, 5.74) is 3.77. The fourth-order valence-electron chi connectivity index (χ4n) is 2.41.